The van der Waals surface area contributed by atoms with Gasteiger partial charge in [-0.15, -0.1) is 0 Å². The highest BCUT2D eigenvalue weighted by atomic mass is 16.5. The molecular weight excluding hydrogens is 370 g/mol. The highest BCUT2D eigenvalue weighted by Crippen LogP contribution is 2.46. The Morgan fingerprint density at radius 3 is 2.79 bits per heavy atom. The van der Waals surface area contributed by atoms with Gasteiger partial charge < -0.3 is 25.1 Å². The Bertz CT molecular complexity index is 1020. The summed E-state index contributed by atoms with van der Waals surface area (Å²) in [6.07, 6.45) is 8.22. The van der Waals surface area contributed by atoms with E-state index in [-0.39, 0.29) is 0 Å². The second-order valence-electron chi connectivity index (χ2n) is 7.73. The maximum absolute atomic E-state index is 5.37. The second-order valence-corrected chi connectivity index (χ2v) is 7.73. The number of pyridine rings is 1. The van der Waals surface area contributed by atoms with E-state index in [0.717, 1.165) is 23.2 Å². The number of aromatic nitrogens is 5. The van der Waals surface area contributed by atoms with Crippen LogP contribution in [0.25, 0.3) is 11.2 Å². The van der Waals surface area contributed by atoms with E-state index in [1.165, 1.54) is 32.1 Å². The summed E-state index contributed by atoms with van der Waals surface area (Å²) in [5, 5.41) is 6.85. The fourth-order valence-corrected chi connectivity index (χ4v) is 4.61. The van der Waals surface area contributed by atoms with Crippen LogP contribution in [-0.2, 0) is 0 Å². The fraction of sp³-hybridized carbons (Fsp3) is 0.500. The van der Waals surface area contributed by atoms with Crippen LogP contribution in [0, 0.1) is 11.8 Å². The number of imidazole rings is 1. The average Bonchev–Trinajstić information content (AvgIpc) is 3.21. The Labute approximate surface area is 168 Å². The van der Waals surface area contributed by atoms with Gasteiger partial charge in [-0.25, -0.2) is 4.98 Å². The molecular formula is C20H25N7O2. The standard InChI is InChI=1S/C20H25N7O2/c1-28-15-8-7-13(19(25-15)29-2)24-20-26-17-16(21-10-22-17)18(27-20)23-14-9-11-5-3-4-6-12(11)14/h7-8,10-12,14H,3-6,9H2,1-2H3,(H3,21,22,23,24,26,27). The summed E-state index contributed by atoms with van der Waals surface area (Å²) in [6, 6.07) is 4.05. The molecule has 0 aliphatic heterocycles. The Kier molecular flexibility index (Phi) is 4.57. The first-order valence-electron chi connectivity index (χ1n) is 10.1. The minimum atomic E-state index is 0.413. The predicted octanol–water partition coefficient (Wildman–Crippen LogP) is 3.50. The number of H-pyrrole nitrogens is 1. The lowest BCUT2D eigenvalue weighted by Crippen LogP contribution is -2.47. The monoisotopic (exact) mass is 395 g/mol. The van der Waals surface area contributed by atoms with E-state index in [0.29, 0.717) is 35.1 Å². The quantitative estimate of drug-likeness (QED) is 0.582. The topological polar surface area (TPSA) is 110 Å². The first kappa shape index (κ1) is 18.0. The Hall–Kier alpha value is -3.10. The molecule has 3 unspecified atom stereocenters. The van der Waals surface area contributed by atoms with E-state index < -0.39 is 0 Å². The first-order chi connectivity index (χ1) is 14.2. The highest BCUT2D eigenvalue weighted by Gasteiger charge is 2.42. The third-order valence-electron chi connectivity index (χ3n) is 6.13. The number of fused-ring (bicyclic) bond motifs is 2. The minimum absolute atomic E-state index is 0.413. The lowest BCUT2D eigenvalue weighted by Gasteiger charge is -2.48. The number of aromatic amines is 1. The SMILES string of the molecule is COc1ccc(Nc2nc(NC3CC4CCCCC43)c3nc[nH]c3n2)c(OC)n1. The summed E-state index contributed by atoms with van der Waals surface area (Å²) < 4.78 is 10.5. The molecule has 0 radical (unpaired) electrons. The number of hydrogen-bond donors (Lipinski definition) is 3. The molecule has 0 bridgehead atoms. The van der Waals surface area contributed by atoms with Gasteiger partial charge in [-0.1, -0.05) is 19.3 Å². The molecule has 3 aromatic rings. The van der Waals surface area contributed by atoms with Gasteiger partial charge in [-0.05, 0) is 30.7 Å². The lowest BCUT2D eigenvalue weighted by atomic mass is 9.62. The van der Waals surface area contributed by atoms with Crippen molar-refractivity contribution in [2.75, 3.05) is 24.9 Å². The smallest absolute Gasteiger partial charge is 0.240 e. The molecule has 0 saturated heterocycles. The van der Waals surface area contributed by atoms with Gasteiger partial charge in [0.25, 0.3) is 0 Å². The van der Waals surface area contributed by atoms with Crippen molar-refractivity contribution in [1.29, 1.82) is 0 Å². The van der Waals surface area contributed by atoms with Gasteiger partial charge in [0.15, 0.2) is 11.5 Å². The molecule has 3 atom stereocenters. The molecule has 3 aromatic heterocycles. The van der Waals surface area contributed by atoms with Crippen molar-refractivity contribution in [2.45, 2.75) is 38.1 Å². The normalized spacial score (nSPS) is 23.2. The zero-order valence-corrected chi connectivity index (χ0v) is 16.6. The Morgan fingerprint density at radius 1 is 1.07 bits per heavy atom. The van der Waals surface area contributed by atoms with Crippen LogP contribution in [0.15, 0.2) is 18.5 Å². The third kappa shape index (κ3) is 3.30. The van der Waals surface area contributed by atoms with Gasteiger partial charge in [0.05, 0.1) is 20.5 Å². The van der Waals surface area contributed by atoms with Gasteiger partial charge in [0.1, 0.15) is 11.2 Å². The van der Waals surface area contributed by atoms with E-state index in [1.807, 2.05) is 6.07 Å². The molecule has 0 amide bonds. The summed E-state index contributed by atoms with van der Waals surface area (Å²) in [7, 11) is 3.13. The van der Waals surface area contributed by atoms with Gasteiger partial charge in [0, 0.05) is 12.1 Å². The molecule has 3 N–H and O–H groups in total. The van der Waals surface area contributed by atoms with Crippen LogP contribution in [0.4, 0.5) is 17.5 Å². The maximum Gasteiger partial charge on any atom is 0.240 e. The molecule has 9 nitrogen and oxygen atoms in total. The predicted molar refractivity (Wildman–Crippen MR) is 110 cm³/mol. The molecule has 2 fully saturated rings. The van der Waals surface area contributed by atoms with Gasteiger partial charge in [-0.2, -0.15) is 15.0 Å². The van der Waals surface area contributed by atoms with Crippen LogP contribution in [0.5, 0.6) is 11.8 Å². The first-order valence-corrected chi connectivity index (χ1v) is 10.1. The number of anilines is 3. The van der Waals surface area contributed by atoms with Crippen molar-refractivity contribution in [1.82, 2.24) is 24.9 Å². The summed E-state index contributed by atoms with van der Waals surface area (Å²) in [5.74, 6) is 3.71. The van der Waals surface area contributed by atoms with Crippen molar-refractivity contribution in [3.05, 3.63) is 18.5 Å². The molecule has 2 saturated carbocycles. The van der Waals surface area contributed by atoms with E-state index >= 15 is 0 Å². The van der Waals surface area contributed by atoms with Crippen LogP contribution in [0.3, 0.4) is 0 Å². The van der Waals surface area contributed by atoms with Crippen molar-refractivity contribution < 1.29 is 9.47 Å². The number of hydrogen-bond acceptors (Lipinski definition) is 8. The molecule has 0 aromatic carbocycles. The summed E-state index contributed by atoms with van der Waals surface area (Å²) in [4.78, 5) is 21.1. The van der Waals surface area contributed by atoms with E-state index in [4.69, 9.17) is 14.5 Å². The van der Waals surface area contributed by atoms with Gasteiger partial charge >= 0.3 is 0 Å². The average molecular weight is 395 g/mol. The molecule has 2 aliphatic rings. The van der Waals surface area contributed by atoms with Crippen molar-refractivity contribution in [3.8, 4) is 11.8 Å². The summed E-state index contributed by atoms with van der Waals surface area (Å²) >= 11 is 0. The number of nitrogens with one attached hydrogen (secondary N) is 3. The summed E-state index contributed by atoms with van der Waals surface area (Å²) in [5.41, 5.74) is 2.11. The largest absolute Gasteiger partial charge is 0.481 e. The van der Waals surface area contributed by atoms with Crippen LogP contribution in [-0.4, -0.2) is 45.2 Å². The number of rotatable bonds is 6. The summed E-state index contributed by atoms with van der Waals surface area (Å²) in [6.45, 7) is 0. The lowest BCUT2D eigenvalue weighted by molar-refractivity contribution is 0.0947. The number of methoxy groups -OCH3 is 2. The van der Waals surface area contributed by atoms with Gasteiger partial charge in [0.2, 0.25) is 17.7 Å². The molecule has 5 rings (SSSR count). The van der Waals surface area contributed by atoms with E-state index in [9.17, 15) is 0 Å². The van der Waals surface area contributed by atoms with Gasteiger partial charge in [-0.3, -0.25) is 0 Å². The van der Waals surface area contributed by atoms with Crippen molar-refractivity contribution >= 4 is 28.6 Å². The molecule has 0 spiro atoms. The van der Waals surface area contributed by atoms with Crippen molar-refractivity contribution in [3.63, 3.8) is 0 Å². The number of ether oxygens (including phenoxy) is 2. The van der Waals surface area contributed by atoms with E-state index in [2.05, 4.69) is 30.6 Å². The van der Waals surface area contributed by atoms with Crippen LogP contribution in [0.1, 0.15) is 32.1 Å². The molecule has 152 valence electrons. The maximum atomic E-state index is 5.37. The van der Waals surface area contributed by atoms with Crippen LogP contribution in [0.2, 0.25) is 0 Å². The van der Waals surface area contributed by atoms with Crippen LogP contribution < -0.4 is 20.1 Å². The zero-order chi connectivity index (χ0) is 19.8. The molecule has 2 aliphatic carbocycles. The third-order valence-corrected chi connectivity index (χ3v) is 6.13. The second kappa shape index (κ2) is 7.38. The Balaban J connectivity index is 1.42. The minimum Gasteiger partial charge on any atom is -0.481 e. The van der Waals surface area contributed by atoms with E-state index in [1.54, 1.807) is 26.6 Å². The highest BCUT2D eigenvalue weighted by molar-refractivity contribution is 5.84. The fourth-order valence-electron chi connectivity index (χ4n) is 4.61. The zero-order valence-electron chi connectivity index (χ0n) is 16.6. The molecule has 3 heterocycles. The van der Waals surface area contributed by atoms with Crippen molar-refractivity contribution in [2.24, 2.45) is 11.8 Å². The number of nitrogens with zero attached hydrogens (tertiary/aromatic N) is 4. The molecule has 29 heavy (non-hydrogen) atoms. The molecule has 9 heteroatoms. The Morgan fingerprint density at radius 2 is 1.97 bits per heavy atom. The van der Waals surface area contributed by atoms with Crippen LogP contribution >= 0.6 is 0 Å².